The van der Waals surface area contributed by atoms with Gasteiger partial charge in [0, 0.05) is 30.7 Å². The number of anilines is 1. The molecule has 1 heterocycles. The van der Waals surface area contributed by atoms with E-state index in [1.165, 1.54) is 7.11 Å². The second-order valence-electron chi connectivity index (χ2n) is 6.96. The van der Waals surface area contributed by atoms with Gasteiger partial charge in [-0.05, 0) is 36.8 Å². The van der Waals surface area contributed by atoms with Crippen LogP contribution in [-0.2, 0) is 0 Å². The number of amides is 1. The smallest absolute Gasteiger partial charge is 0.261 e. The van der Waals surface area contributed by atoms with Crippen molar-refractivity contribution in [3.63, 3.8) is 0 Å². The molecule has 0 saturated carbocycles. The van der Waals surface area contributed by atoms with Crippen LogP contribution in [0.5, 0.6) is 5.75 Å². The molecule has 0 unspecified atom stereocenters. The van der Waals surface area contributed by atoms with E-state index in [2.05, 4.69) is 21.2 Å². The van der Waals surface area contributed by atoms with Gasteiger partial charge in [0.2, 0.25) is 5.82 Å². The molecule has 2 aromatic rings. The van der Waals surface area contributed by atoms with Gasteiger partial charge in [-0.2, -0.15) is 0 Å². The number of rotatable bonds is 3. The first kappa shape index (κ1) is 24.2. The molecular formula is C20H17BrF5N3O2S. The molecule has 0 radical (unpaired) electrons. The molecule has 1 aliphatic rings. The van der Waals surface area contributed by atoms with Crippen LogP contribution in [0.3, 0.4) is 0 Å². The molecule has 0 spiro atoms. The summed E-state index contributed by atoms with van der Waals surface area (Å²) in [5.41, 5.74) is 0.00138. The van der Waals surface area contributed by atoms with E-state index in [4.69, 9.17) is 17.0 Å². The van der Waals surface area contributed by atoms with Crippen LogP contribution in [0, 0.1) is 36.0 Å². The number of benzene rings is 2. The van der Waals surface area contributed by atoms with E-state index in [1.54, 1.807) is 24.0 Å². The highest BCUT2D eigenvalue weighted by Crippen LogP contribution is 2.31. The molecule has 0 bridgehead atoms. The van der Waals surface area contributed by atoms with Gasteiger partial charge in [0.25, 0.3) is 5.91 Å². The van der Waals surface area contributed by atoms with Crippen LogP contribution >= 0.6 is 28.1 Å². The van der Waals surface area contributed by atoms with Gasteiger partial charge in [0.15, 0.2) is 28.4 Å². The Bertz CT molecular complexity index is 1060. The van der Waals surface area contributed by atoms with Crippen molar-refractivity contribution in [2.45, 2.75) is 6.92 Å². The summed E-state index contributed by atoms with van der Waals surface area (Å²) in [6.45, 7) is 1.80. The number of aryl methyl sites for hydroxylation is 1. The number of nitrogens with one attached hydrogen (secondary N) is 1. The highest BCUT2D eigenvalue weighted by Gasteiger charge is 2.31. The lowest BCUT2D eigenvalue weighted by Gasteiger charge is -2.37. The third kappa shape index (κ3) is 4.51. The van der Waals surface area contributed by atoms with E-state index in [0.717, 1.165) is 10.5 Å². The molecule has 1 N–H and O–H groups in total. The number of thiocarbonyl (C=S) groups is 1. The lowest BCUT2D eigenvalue weighted by molar-refractivity contribution is 0.0969. The molecule has 12 heteroatoms. The van der Waals surface area contributed by atoms with E-state index in [9.17, 15) is 26.7 Å². The van der Waals surface area contributed by atoms with Crippen LogP contribution < -0.4 is 15.0 Å². The number of methoxy groups -OCH3 is 1. The van der Waals surface area contributed by atoms with Crippen LogP contribution in [0.1, 0.15) is 15.9 Å². The molecule has 1 saturated heterocycles. The fraction of sp³-hybridized carbons (Fsp3) is 0.300. The van der Waals surface area contributed by atoms with Crippen LogP contribution in [0.25, 0.3) is 0 Å². The van der Waals surface area contributed by atoms with Crippen LogP contribution in [0.4, 0.5) is 27.6 Å². The average Bonchev–Trinajstić information content (AvgIpc) is 2.76. The second-order valence-corrected chi connectivity index (χ2v) is 8.26. The van der Waals surface area contributed by atoms with Gasteiger partial charge in [-0.15, -0.1) is 0 Å². The minimum Gasteiger partial charge on any atom is -0.496 e. The largest absolute Gasteiger partial charge is 0.496 e. The highest BCUT2D eigenvalue weighted by molar-refractivity contribution is 9.10. The Morgan fingerprint density at radius 1 is 1.00 bits per heavy atom. The van der Waals surface area contributed by atoms with Crippen molar-refractivity contribution in [3.8, 4) is 5.75 Å². The molecule has 2 aromatic carbocycles. The quantitative estimate of drug-likeness (QED) is 0.274. The maximum atomic E-state index is 14.1. The van der Waals surface area contributed by atoms with E-state index in [-0.39, 0.29) is 36.9 Å². The van der Waals surface area contributed by atoms with Crippen molar-refractivity contribution >= 4 is 44.9 Å². The topological polar surface area (TPSA) is 44.8 Å². The molecule has 0 aromatic heterocycles. The Hall–Kier alpha value is -2.47. The Morgan fingerprint density at radius 3 is 2.06 bits per heavy atom. The Labute approximate surface area is 194 Å². The average molecular weight is 538 g/mol. The van der Waals surface area contributed by atoms with Crippen molar-refractivity contribution in [2.75, 3.05) is 38.2 Å². The molecule has 32 heavy (non-hydrogen) atoms. The summed E-state index contributed by atoms with van der Waals surface area (Å²) >= 11 is 8.59. The van der Waals surface area contributed by atoms with Crippen molar-refractivity contribution in [2.24, 2.45) is 0 Å². The van der Waals surface area contributed by atoms with Crippen molar-refractivity contribution in [3.05, 3.63) is 56.8 Å². The first-order valence-electron chi connectivity index (χ1n) is 9.27. The number of hydrogen-bond donors (Lipinski definition) is 1. The predicted octanol–water partition coefficient (Wildman–Crippen LogP) is 4.30. The monoisotopic (exact) mass is 537 g/mol. The number of carbonyl (C=O) groups excluding carboxylic acids is 1. The van der Waals surface area contributed by atoms with Crippen LogP contribution in [0.15, 0.2) is 16.6 Å². The number of halogens is 6. The Kier molecular flexibility index (Phi) is 7.23. The summed E-state index contributed by atoms with van der Waals surface area (Å²) in [5.74, 6) is -10.1. The van der Waals surface area contributed by atoms with Gasteiger partial charge >= 0.3 is 0 Å². The van der Waals surface area contributed by atoms with Crippen molar-refractivity contribution in [1.82, 2.24) is 10.2 Å². The van der Waals surface area contributed by atoms with Crippen LogP contribution in [0.2, 0.25) is 0 Å². The van der Waals surface area contributed by atoms with E-state index >= 15 is 0 Å². The minimum absolute atomic E-state index is 0.0618. The third-order valence-electron chi connectivity index (χ3n) is 4.98. The molecule has 0 aliphatic carbocycles. The standard InChI is InChI=1S/C20H17BrF5N3O2S/c1-9-7-10(21)8-11(18(9)31-2)19(30)27-20(32)29-5-3-28(4-6-29)17-15(25)13(23)12(22)14(24)16(17)26/h7-8H,3-6H2,1-2H3,(H,27,30,32). The minimum atomic E-state index is -2.20. The SMILES string of the molecule is COc1c(C)cc(Br)cc1C(=O)NC(=S)N1CCN(c2c(F)c(F)c(F)c(F)c2F)CC1. The molecule has 1 aliphatic heterocycles. The highest BCUT2D eigenvalue weighted by atomic mass is 79.9. The summed E-state index contributed by atoms with van der Waals surface area (Å²) in [7, 11) is 1.43. The number of hydrogen-bond acceptors (Lipinski definition) is 4. The molecule has 1 amide bonds. The number of carbonyl (C=O) groups is 1. The normalized spacial score (nSPS) is 13.9. The fourth-order valence-corrected chi connectivity index (χ4v) is 4.26. The zero-order chi connectivity index (χ0) is 23.7. The zero-order valence-corrected chi connectivity index (χ0v) is 19.3. The summed E-state index contributed by atoms with van der Waals surface area (Å²) < 4.78 is 74.4. The van der Waals surface area contributed by atoms with Gasteiger partial charge in [-0.25, -0.2) is 22.0 Å². The number of nitrogens with zero attached hydrogens (tertiary/aromatic N) is 2. The summed E-state index contributed by atoms with van der Waals surface area (Å²) in [6.07, 6.45) is 0. The van der Waals surface area contributed by atoms with Crippen molar-refractivity contribution < 1.29 is 31.5 Å². The Balaban J connectivity index is 1.71. The maximum Gasteiger partial charge on any atom is 0.261 e. The lowest BCUT2D eigenvalue weighted by atomic mass is 10.1. The number of piperazine rings is 1. The van der Waals surface area contributed by atoms with Gasteiger partial charge < -0.3 is 14.5 Å². The van der Waals surface area contributed by atoms with E-state index in [0.29, 0.717) is 10.2 Å². The first-order chi connectivity index (χ1) is 15.1. The second kappa shape index (κ2) is 9.57. The molecule has 172 valence electrons. The number of ether oxygens (including phenoxy) is 1. The van der Waals surface area contributed by atoms with Gasteiger partial charge in [0.1, 0.15) is 11.4 Å². The Morgan fingerprint density at radius 2 is 1.53 bits per heavy atom. The molecule has 0 atom stereocenters. The lowest BCUT2D eigenvalue weighted by Crippen LogP contribution is -2.53. The molecule has 3 rings (SSSR count). The summed E-state index contributed by atoms with van der Waals surface area (Å²) in [4.78, 5) is 15.3. The van der Waals surface area contributed by atoms with Gasteiger partial charge in [0.05, 0.1) is 12.7 Å². The molecular weight excluding hydrogens is 521 g/mol. The zero-order valence-electron chi connectivity index (χ0n) is 16.9. The maximum absolute atomic E-state index is 14.1. The van der Waals surface area contributed by atoms with Gasteiger partial charge in [-0.3, -0.25) is 10.1 Å². The van der Waals surface area contributed by atoms with E-state index < -0.39 is 40.7 Å². The van der Waals surface area contributed by atoms with Crippen LogP contribution in [-0.4, -0.2) is 49.2 Å². The molecule has 1 fully saturated rings. The first-order valence-corrected chi connectivity index (χ1v) is 10.5. The molecule has 5 nitrogen and oxygen atoms in total. The predicted molar refractivity (Wildman–Crippen MR) is 116 cm³/mol. The third-order valence-corrected chi connectivity index (χ3v) is 5.80. The van der Waals surface area contributed by atoms with E-state index in [1.807, 2.05) is 0 Å². The summed E-state index contributed by atoms with van der Waals surface area (Å²) in [5, 5.41) is 2.64. The van der Waals surface area contributed by atoms with Crippen molar-refractivity contribution in [1.29, 1.82) is 0 Å². The van der Waals surface area contributed by atoms with Gasteiger partial charge in [-0.1, -0.05) is 15.9 Å². The summed E-state index contributed by atoms with van der Waals surface area (Å²) in [6, 6.07) is 3.36. The fourth-order valence-electron chi connectivity index (χ4n) is 3.42.